The lowest BCUT2D eigenvalue weighted by atomic mass is 9.96. The van der Waals surface area contributed by atoms with E-state index < -0.39 is 10.0 Å². The van der Waals surface area contributed by atoms with Gasteiger partial charge in [-0.3, -0.25) is 4.90 Å². The van der Waals surface area contributed by atoms with Crippen LogP contribution < -0.4 is 4.74 Å². The van der Waals surface area contributed by atoms with Crippen molar-refractivity contribution in [2.45, 2.75) is 37.6 Å². The second-order valence-corrected chi connectivity index (χ2v) is 10.9. The van der Waals surface area contributed by atoms with E-state index in [1.165, 1.54) is 11.1 Å². The van der Waals surface area contributed by atoms with Gasteiger partial charge in [0.2, 0.25) is 10.0 Å². The van der Waals surface area contributed by atoms with Crippen molar-refractivity contribution in [1.29, 1.82) is 0 Å². The van der Waals surface area contributed by atoms with Crippen molar-refractivity contribution >= 4 is 10.0 Å². The van der Waals surface area contributed by atoms with Crippen LogP contribution in [0.2, 0.25) is 0 Å². The molecule has 0 aromatic heterocycles. The fourth-order valence-electron chi connectivity index (χ4n) is 4.59. The molecule has 4 rings (SSSR count). The fourth-order valence-corrected chi connectivity index (χ4v) is 6.17. The van der Waals surface area contributed by atoms with E-state index in [-0.39, 0.29) is 16.9 Å². The summed E-state index contributed by atoms with van der Waals surface area (Å²) in [6, 6.07) is 26.5. The van der Waals surface area contributed by atoms with Crippen molar-refractivity contribution in [3.05, 3.63) is 95.6 Å². The van der Waals surface area contributed by atoms with E-state index in [9.17, 15) is 8.42 Å². The van der Waals surface area contributed by atoms with Crippen LogP contribution in [0, 0.1) is 0 Å². The summed E-state index contributed by atoms with van der Waals surface area (Å²) in [5.74, 6) is 0.666. The van der Waals surface area contributed by atoms with Crippen molar-refractivity contribution in [1.82, 2.24) is 9.21 Å². The van der Waals surface area contributed by atoms with Gasteiger partial charge in [0.05, 0.1) is 12.6 Å². The van der Waals surface area contributed by atoms with Gasteiger partial charge in [-0.2, -0.15) is 4.31 Å². The van der Waals surface area contributed by atoms with Gasteiger partial charge in [0.15, 0.2) is 0 Å². The van der Waals surface area contributed by atoms with E-state index in [2.05, 4.69) is 67.3 Å². The normalized spacial score (nSPS) is 15.7. The van der Waals surface area contributed by atoms with E-state index in [0.29, 0.717) is 38.5 Å². The van der Waals surface area contributed by atoms with E-state index in [4.69, 9.17) is 4.74 Å². The minimum absolute atomic E-state index is 0.0931. The molecule has 0 amide bonds. The minimum atomic E-state index is -3.67. The Morgan fingerprint density at radius 3 is 1.85 bits per heavy atom. The van der Waals surface area contributed by atoms with Crippen molar-refractivity contribution in [3.8, 4) is 5.75 Å². The molecule has 0 N–H and O–H groups in total. The third kappa shape index (κ3) is 5.19. The van der Waals surface area contributed by atoms with Crippen LogP contribution in [-0.4, -0.2) is 50.4 Å². The Bertz CT molecular complexity index is 1130. The van der Waals surface area contributed by atoms with Crippen LogP contribution in [0.4, 0.5) is 0 Å². The molecule has 34 heavy (non-hydrogen) atoms. The maximum absolute atomic E-state index is 13.7. The highest BCUT2D eigenvalue weighted by molar-refractivity contribution is 7.89. The molecular formula is C28H34N2O3S. The predicted octanol–water partition coefficient (Wildman–Crippen LogP) is 5.30. The molecule has 3 aromatic carbocycles. The number of ether oxygens (including phenoxy) is 1. The summed E-state index contributed by atoms with van der Waals surface area (Å²) in [5.41, 5.74) is 3.43. The Morgan fingerprint density at radius 2 is 1.35 bits per heavy atom. The van der Waals surface area contributed by atoms with E-state index in [1.807, 2.05) is 25.1 Å². The van der Waals surface area contributed by atoms with E-state index in [1.54, 1.807) is 16.4 Å². The second kappa shape index (κ2) is 10.7. The smallest absolute Gasteiger partial charge is 0.246 e. The van der Waals surface area contributed by atoms with Crippen LogP contribution in [0.25, 0.3) is 0 Å². The number of piperazine rings is 1. The number of hydrogen-bond acceptors (Lipinski definition) is 4. The van der Waals surface area contributed by atoms with Gasteiger partial charge in [-0.25, -0.2) is 8.42 Å². The van der Waals surface area contributed by atoms with Gasteiger partial charge >= 0.3 is 0 Å². The van der Waals surface area contributed by atoms with Crippen LogP contribution in [-0.2, 0) is 10.0 Å². The molecule has 5 nitrogen and oxygen atoms in total. The molecule has 6 heteroatoms. The monoisotopic (exact) mass is 478 g/mol. The Morgan fingerprint density at radius 1 is 0.794 bits per heavy atom. The molecule has 3 aromatic rings. The van der Waals surface area contributed by atoms with Gasteiger partial charge in [0.25, 0.3) is 0 Å². The first-order chi connectivity index (χ1) is 16.4. The highest BCUT2D eigenvalue weighted by atomic mass is 32.2. The zero-order valence-corrected chi connectivity index (χ0v) is 21.0. The highest BCUT2D eigenvalue weighted by Gasteiger charge is 2.34. The van der Waals surface area contributed by atoms with E-state index in [0.717, 1.165) is 5.56 Å². The Kier molecular flexibility index (Phi) is 7.71. The molecule has 0 atom stereocenters. The largest absolute Gasteiger partial charge is 0.492 e. The third-order valence-corrected chi connectivity index (χ3v) is 8.34. The molecule has 1 aliphatic heterocycles. The molecule has 180 valence electrons. The van der Waals surface area contributed by atoms with Gasteiger partial charge in [-0.05, 0) is 41.7 Å². The van der Waals surface area contributed by atoms with Crippen molar-refractivity contribution in [2.24, 2.45) is 0 Å². The molecule has 0 radical (unpaired) electrons. The minimum Gasteiger partial charge on any atom is -0.492 e. The lowest BCUT2D eigenvalue weighted by Crippen LogP contribution is -2.49. The topological polar surface area (TPSA) is 49.9 Å². The van der Waals surface area contributed by atoms with Gasteiger partial charge in [-0.1, -0.05) is 80.6 Å². The molecule has 0 saturated carbocycles. The van der Waals surface area contributed by atoms with Crippen LogP contribution in [0.1, 0.15) is 49.4 Å². The molecule has 1 aliphatic rings. The number of sulfonamides is 1. The molecule has 0 aliphatic carbocycles. The molecule has 1 fully saturated rings. The molecular weight excluding hydrogens is 444 g/mol. The lowest BCUT2D eigenvalue weighted by molar-refractivity contribution is 0.155. The summed E-state index contributed by atoms with van der Waals surface area (Å²) in [7, 11) is -3.67. The zero-order valence-electron chi connectivity index (χ0n) is 20.2. The first-order valence-electron chi connectivity index (χ1n) is 12.0. The van der Waals surface area contributed by atoms with E-state index >= 15 is 0 Å². The van der Waals surface area contributed by atoms with Gasteiger partial charge in [-0.15, -0.1) is 0 Å². The van der Waals surface area contributed by atoms with Gasteiger partial charge in [0, 0.05) is 26.2 Å². The van der Waals surface area contributed by atoms with Crippen LogP contribution >= 0.6 is 0 Å². The SMILES string of the molecule is CCOc1ccc(C(C)C)cc1S(=O)(=O)N1CCN(C(c2ccccc2)c2ccccc2)CC1. The van der Waals surface area contributed by atoms with Crippen molar-refractivity contribution in [3.63, 3.8) is 0 Å². The highest BCUT2D eigenvalue weighted by Crippen LogP contribution is 2.33. The number of rotatable bonds is 8. The molecule has 0 spiro atoms. The number of hydrogen-bond donors (Lipinski definition) is 0. The molecule has 0 unspecified atom stereocenters. The number of benzene rings is 3. The first kappa shape index (κ1) is 24.5. The first-order valence-corrected chi connectivity index (χ1v) is 13.5. The summed E-state index contributed by atoms with van der Waals surface area (Å²) in [6.07, 6.45) is 0. The fraction of sp³-hybridized carbons (Fsp3) is 0.357. The lowest BCUT2D eigenvalue weighted by Gasteiger charge is -2.39. The van der Waals surface area contributed by atoms with Crippen molar-refractivity contribution < 1.29 is 13.2 Å². The van der Waals surface area contributed by atoms with Crippen LogP contribution in [0.5, 0.6) is 5.75 Å². The standard InChI is InChI=1S/C28H34N2O3S/c1-4-33-26-16-15-25(22(2)3)21-27(26)34(31,32)30-19-17-29(18-20-30)28(23-11-7-5-8-12-23)24-13-9-6-10-14-24/h5-16,21-22,28H,4,17-20H2,1-3H3. The summed E-state index contributed by atoms with van der Waals surface area (Å²) in [6.45, 7) is 8.62. The van der Waals surface area contributed by atoms with Crippen LogP contribution in [0.3, 0.4) is 0 Å². The summed E-state index contributed by atoms with van der Waals surface area (Å²) in [4.78, 5) is 2.65. The maximum Gasteiger partial charge on any atom is 0.246 e. The second-order valence-electron chi connectivity index (χ2n) is 8.96. The summed E-state index contributed by atoms with van der Waals surface area (Å²) < 4.78 is 34.7. The van der Waals surface area contributed by atoms with Gasteiger partial charge < -0.3 is 4.74 Å². The Balaban J connectivity index is 1.59. The predicted molar refractivity (Wildman–Crippen MR) is 137 cm³/mol. The summed E-state index contributed by atoms with van der Waals surface area (Å²) in [5, 5.41) is 0. The molecule has 1 saturated heterocycles. The van der Waals surface area contributed by atoms with Crippen LogP contribution in [0.15, 0.2) is 83.8 Å². The average molecular weight is 479 g/mol. The van der Waals surface area contributed by atoms with Gasteiger partial charge in [0.1, 0.15) is 10.6 Å². The third-order valence-electron chi connectivity index (χ3n) is 6.42. The molecule has 0 bridgehead atoms. The Labute approximate surface area is 204 Å². The quantitative estimate of drug-likeness (QED) is 0.441. The van der Waals surface area contributed by atoms with Crippen molar-refractivity contribution in [2.75, 3.05) is 32.8 Å². The maximum atomic E-state index is 13.7. The summed E-state index contributed by atoms with van der Waals surface area (Å²) >= 11 is 0. The zero-order chi connectivity index (χ0) is 24.1. The number of nitrogens with zero attached hydrogens (tertiary/aromatic N) is 2. The molecule has 1 heterocycles. The Hall–Kier alpha value is -2.67. The average Bonchev–Trinajstić information content (AvgIpc) is 2.86.